The van der Waals surface area contributed by atoms with Gasteiger partial charge in [0, 0.05) is 0 Å². The summed E-state index contributed by atoms with van der Waals surface area (Å²) in [4.78, 5) is 12.8. The van der Waals surface area contributed by atoms with Crippen LogP contribution >= 0.6 is 35.0 Å². The van der Waals surface area contributed by atoms with E-state index >= 15 is 0 Å². The van der Waals surface area contributed by atoms with Gasteiger partial charge in [0.1, 0.15) is 6.26 Å². The van der Waals surface area contributed by atoms with E-state index in [4.69, 9.17) is 32.7 Å². The van der Waals surface area contributed by atoms with E-state index in [9.17, 15) is 9.90 Å². The zero-order valence-corrected chi connectivity index (χ0v) is 19.9. The van der Waals surface area contributed by atoms with E-state index < -0.39 is 17.0 Å². The van der Waals surface area contributed by atoms with Crippen molar-refractivity contribution < 1.29 is 19.4 Å². The molecule has 1 aliphatic heterocycles. The van der Waals surface area contributed by atoms with E-state index in [-0.39, 0.29) is 6.61 Å². The Morgan fingerprint density at radius 3 is 2.33 bits per heavy atom. The van der Waals surface area contributed by atoms with Gasteiger partial charge in [0.2, 0.25) is 5.79 Å². The fourth-order valence-electron chi connectivity index (χ4n) is 3.55. The normalized spacial score (nSPS) is 20.3. The minimum Gasteiger partial charge on any atom is -0.433 e. The van der Waals surface area contributed by atoms with Gasteiger partial charge < -0.3 is 14.6 Å². The molecule has 0 aromatic heterocycles. The summed E-state index contributed by atoms with van der Waals surface area (Å²) >= 11 is 13.5. The molecule has 0 spiro atoms. The Hall–Kier alpha value is -2.28. The van der Waals surface area contributed by atoms with Crippen molar-refractivity contribution in [3.63, 3.8) is 0 Å². The summed E-state index contributed by atoms with van der Waals surface area (Å²) in [7, 11) is 0. The number of hydrogen-bond acceptors (Lipinski definition) is 5. The van der Waals surface area contributed by atoms with Crippen LogP contribution < -0.4 is 0 Å². The number of carbonyl (C=O) groups is 1. The molecule has 0 saturated carbocycles. The van der Waals surface area contributed by atoms with Crippen LogP contribution in [0.15, 0.2) is 85.1 Å². The molecule has 0 amide bonds. The van der Waals surface area contributed by atoms with Crippen LogP contribution in [0, 0.1) is 0 Å². The van der Waals surface area contributed by atoms with Gasteiger partial charge in [0.15, 0.2) is 5.25 Å². The molecule has 3 aromatic carbocycles. The standard InChI is InChI=1S/C26H22Cl2O4S/c27-22-12-11-19(15-23(22)28)16-32-26(30)21(20-9-5-2-6-10-20)17-31-25(29)24(26)33-14-13-18-7-3-1-4-8-18/h1-12,15,17,24,30H,13-14,16H2. The third-order valence-corrected chi connectivity index (χ3v) is 7.32. The molecule has 0 bridgehead atoms. The SMILES string of the molecule is O=C1OC=C(c2ccccc2)C(O)(OCc2ccc(Cl)c(Cl)c2)C1SCCc1ccccc1. The lowest BCUT2D eigenvalue weighted by Crippen LogP contribution is -2.51. The third-order valence-electron chi connectivity index (χ3n) is 5.29. The monoisotopic (exact) mass is 500 g/mol. The lowest BCUT2D eigenvalue weighted by Gasteiger charge is -2.38. The molecule has 0 saturated heterocycles. The maximum Gasteiger partial charge on any atom is 0.329 e. The van der Waals surface area contributed by atoms with Gasteiger partial charge in [-0.05, 0) is 41.0 Å². The average Bonchev–Trinajstić information content (AvgIpc) is 2.83. The summed E-state index contributed by atoms with van der Waals surface area (Å²) in [6.45, 7) is 0.0284. The van der Waals surface area contributed by atoms with Crippen molar-refractivity contribution in [3.05, 3.63) is 112 Å². The first kappa shape index (κ1) is 23.9. The van der Waals surface area contributed by atoms with Gasteiger partial charge in [-0.15, -0.1) is 11.8 Å². The number of halogens is 2. The third kappa shape index (κ3) is 5.62. The highest BCUT2D eigenvalue weighted by molar-refractivity contribution is 8.00. The molecule has 1 heterocycles. The van der Waals surface area contributed by atoms with Gasteiger partial charge in [0.25, 0.3) is 0 Å². The van der Waals surface area contributed by atoms with Gasteiger partial charge >= 0.3 is 5.97 Å². The smallest absolute Gasteiger partial charge is 0.329 e. The Labute approximate surface area is 207 Å². The van der Waals surface area contributed by atoms with Crippen LogP contribution in [0.4, 0.5) is 0 Å². The fourth-order valence-corrected chi connectivity index (χ4v) is 5.08. The Kier molecular flexibility index (Phi) is 7.78. The van der Waals surface area contributed by atoms with Crippen LogP contribution in [0.3, 0.4) is 0 Å². The van der Waals surface area contributed by atoms with Crippen molar-refractivity contribution in [1.29, 1.82) is 0 Å². The van der Waals surface area contributed by atoms with Gasteiger partial charge in [-0.25, -0.2) is 0 Å². The van der Waals surface area contributed by atoms with Crippen molar-refractivity contribution in [2.45, 2.75) is 24.1 Å². The van der Waals surface area contributed by atoms with E-state index in [0.717, 1.165) is 17.5 Å². The molecule has 2 atom stereocenters. The van der Waals surface area contributed by atoms with Crippen molar-refractivity contribution in [2.75, 3.05) is 5.75 Å². The molecule has 2 unspecified atom stereocenters. The maximum absolute atomic E-state index is 12.8. The number of cyclic esters (lactones) is 1. The zero-order chi connectivity index (χ0) is 23.3. The topological polar surface area (TPSA) is 55.8 Å². The van der Waals surface area contributed by atoms with Gasteiger partial charge in [0.05, 0.1) is 22.2 Å². The number of aryl methyl sites for hydroxylation is 1. The molecule has 3 aromatic rings. The Morgan fingerprint density at radius 1 is 0.939 bits per heavy atom. The Morgan fingerprint density at radius 2 is 1.64 bits per heavy atom. The minimum atomic E-state index is -1.90. The number of rotatable bonds is 8. The molecular formula is C26H22Cl2O4S. The van der Waals surface area contributed by atoms with E-state index in [1.165, 1.54) is 18.0 Å². The van der Waals surface area contributed by atoms with Crippen molar-refractivity contribution in [1.82, 2.24) is 0 Å². The summed E-state index contributed by atoms with van der Waals surface area (Å²) in [5.41, 5.74) is 2.96. The highest BCUT2D eigenvalue weighted by Crippen LogP contribution is 2.41. The molecule has 1 aliphatic rings. The highest BCUT2D eigenvalue weighted by Gasteiger charge is 2.50. The maximum atomic E-state index is 12.8. The summed E-state index contributed by atoms with van der Waals surface area (Å²) in [6, 6.07) is 24.3. The number of hydrogen-bond donors (Lipinski definition) is 1. The predicted molar refractivity (Wildman–Crippen MR) is 133 cm³/mol. The molecule has 170 valence electrons. The molecule has 4 nitrogen and oxygen atoms in total. The van der Waals surface area contributed by atoms with Crippen LogP contribution in [0.5, 0.6) is 0 Å². The molecule has 0 radical (unpaired) electrons. The molecular weight excluding hydrogens is 479 g/mol. The van der Waals surface area contributed by atoms with Crippen molar-refractivity contribution in [3.8, 4) is 0 Å². The first-order valence-corrected chi connectivity index (χ1v) is 12.2. The van der Waals surface area contributed by atoms with Crippen molar-refractivity contribution in [2.24, 2.45) is 0 Å². The Balaban J connectivity index is 1.60. The van der Waals surface area contributed by atoms with E-state index in [2.05, 4.69) is 0 Å². The molecule has 0 fully saturated rings. The van der Waals surface area contributed by atoms with Gasteiger partial charge in [-0.1, -0.05) is 89.9 Å². The lowest BCUT2D eigenvalue weighted by molar-refractivity contribution is -0.185. The summed E-state index contributed by atoms with van der Waals surface area (Å²) in [5.74, 6) is -1.85. The molecule has 1 N–H and O–H groups in total. The second kappa shape index (κ2) is 10.8. The molecule has 4 rings (SSSR count). The predicted octanol–water partition coefficient (Wildman–Crippen LogP) is 6.14. The lowest BCUT2D eigenvalue weighted by atomic mass is 9.94. The average molecular weight is 501 g/mol. The van der Waals surface area contributed by atoms with Crippen LogP contribution in [0.2, 0.25) is 10.0 Å². The van der Waals surface area contributed by atoms with E-state index in [1.54, 1.807) is 18.2 Å². The zero-order valence-electron chi connectivity index (χ0n) is 17.6. The molecule has 7 heteroatoms. The number of benzene rings is 3. The first-order chi connectivity index (χ1) is 16.0. The second-order valence-corrected chi connectivity index (χ2v) is 9.58. The largest absolute Gasteiger partial charge is 0.433 e. The second-order valence-electron chi connectivity index (χ2n) is 7.55. The number of thioether (sulfide) groups is 1. The number of aliphatic hydroxyl groups is 1. The fraction of sp³-hybridized carbons (Fsp3) is 0.192. The quantitative estimate of drug-likeness (QED) is 0.297. The Bertz CT molecular complexity index is 1140. The van der Waals surface area contributed by atoms with Crippen LogP contribution in [-0.2, 0) is 27.3 Å². The number of ether oxygens (including phenoxy) is 2. The van der Waals surface area contributed by atoms with E-state index in [0.29, 0.717) is 26.9 Å². The summed E-state index contributed by atoms with van der Waals surface area (Å²) < 4.78 is 11.4. The van der Waals surface area contributed by atoms with Gasteiger partial charge in [-0.3, -0.25) is 4.79 Å². The van der Waals surface area contributed by atoms with Crippen molar-refractivity contribution >= 4 is 46.5 Å². The molecule has 0 aliphatic carbocycles. The van der Waals surface area contributed by atoms with Crippen LogP contribution in [0.25, 0.3) is 5.57 Å². The first-order valence-electron chi connectivity index (χ1n) is 10.4. The number of carbonyl (C=O) groups excluding carboxylic acids is 1. The minimum absolute atomic E-state index is 0.0284. The number of esters is 1. The van der Waals surface area contributed by atoms with E-state index in [1.807, 2.05) is 60.7 Å². The highest BCUT2D eigenvalue weighted by atomic mass is 35.5. The van der Waals surface area contributed by atoms with Crippen LogP contribution in [-0.4, -0.2) is 27.9 Å². The summed E-state index contributed by atoms with van der Waals surface area (Å²) in [5, 5.41) is 11.7. The molecule has 33 heavy (non-hydrogen) atoms. The summed E-state index contributed by atoms with van der Waals surface area (Å²) in [6.07, 6.45) is 2.02. The van der Waals surface area contributed by atoms with Gasteiger partial charge in [-0.2, -0.15) is 0 Å². The van der Waals surface area contributed by atoms with Crippen LogP contribution in [0.1, 0.15) is 16.7 Å².